The Morgan fingerprint density at radius 2 is 1.77 bits per heavy atom. The van der Waals surface area contributed by atoms with Crippen molar-refractivity contribution in [3.8, 4) is 11.3 Å². The molecule has 230 valence electrons. The number of halogens is 4. The van der Waals surface area contributed by atoms with Crippen LogP contribution in [0.4, 0.5) is 23.5 Å². The van der Waals surface area contributed by atoms with Gasteiger partial charge in [-0.1, -0.05) is 18.2 Å². The van der Waals surface area contributed by atoms with Crippen molar-refractivity contribution in [2.45, 2.75) is 42.9 Å². The van der Waals surface area contributed by atoms with Gasteiger partial charge in [-0.05, 0) is 73.4 Å². The average molecular weight is 629 g/mol. The van der Waals surface area contributed by atoms with Gasteiger partial charge in [-0.2, -0.15) is 17.5 Å². The van der Waals surface area contributed by atoms with Crippen LogP contribution in [0.2, 0.25) is 0 Å². The number of sulfonamides is 1. The molecule has 0 spiro atoms. The maximum atomic E-state index is 13.4. The van der Waals surface area contributed by atoms with Crippen LogP contribution in [-0.2, 0) is 34.0 Å². The van der Waals surface area contributed by atoms with Gasteiger partial charge in [0.2, 0.25) is 21.9 Å². The molecule has 1 unspecified atom stereocenters. The highest BCUT2D eigenvalue weighted by Crippen LogP contribution is 2.31. The molecular weight excluding hydrogens is 600 g/mol. The summed E-state index contributed by atoms with van der Waals surface area (Å²) in [6, 6.07) is 13.3. The Hall–Kier alpha value is -4.43. The fraction of sp³-hybridized carbons (Fsp3) is 0.267. The van der Waals surface area contributed by atoms with E-state index in [9.17, 15) is 30.8 Å². The molecule has 0 aliphatic carbocycles. The number of carbonyl (C=O) groups is 1. The van der Waals surface area contributed by atoms with Crippen molar-refractivity contribution >= 4 is 21.9 Å². The van der Waals surface area contributed by atoms with Crippen LogP contribution < -0.4 is 10.6 Å². The molecular formula is C30H28F4N6O3S. The number of rotatable bonds is 10. The minimum Gasteiger partial charge on any atom is -0.354 e. The van der Waals surface area contributed by atoms with Crippen LogP contribution in [0.3, 0.4) is 0 Å². The van der Waals surface area contributed by atoms with Gasteiger partial charge in [0.25, 0.3) is 0 Å². The molecule has 1 saturated heterocycles. The molecule has 3 heterocycles. The fourth-order valence-electron chi connectivity index (χ4n) is 4.84. The zero-order valence-electron chi connectivity index (χ0n) is 23.3. The highest BCUT2D eigenvalue weighted by molar-refractivity contribution is 7.89. The van der Waals surface area contributed by atoms with Gasteiger partial charge < -0.3 is 10.6 Å². The van der Waals surface area contributed by atoms with E-state index in [-0.39, 0.29) is 23.9 Å². The molecule has 0 saturated carbocycles. The minimum absolute atomic E-state index is 0.0901. The van der Waals surface area contributed by atoms with Crippen LogP contribution in [-0.4, -0.2) is 52.7 Å². The Bertz CT molecular complexity index is 1700. The molecule has 5 rings (SSSR count). The molecule has 9 nitrogen and oxygen atoms in total. The number of anilines is 1. The van der Waals surface area contributed by atoms with Crippen LogP contribution in [0.25, 0.3) is 11.3 Å². The van der Waals surface area contributed by atoms with Gasteiger partial charge in [-0.25, -0.2) is 22.8 Å². The molecule has 14 heteroatoms. The summed E-state index contributed by atoms with van der Waals surface area (Å²) in [5.74, 6) is -0.906. The highest BCUT2D eigenvalue weighted by atomic mass is 32.2. The van der Waals surface area contributed by atoms with Crippen molar-refractivity contribution in [3.63, 3.8) is 0 Å². The molecule has 1 amide bonds. The van der Waals surface area contributed by atoms with E-state index in [4.69, 9.17) is 0 Å². The van der Waals surface area contributed by atoms with E-state index in [1.54, 1.807) is 18.5 Å². The average Bonchev–Trinajstić information content (AvgIpc) is 3.52. The Balaban J connectivity index is 1.33. The lowest BCUT2D eigenvalue weighted by Gasteiger charge is -2.23. The SMILES string of the molecule is O=C(NCc1cc(-c2ccc(C(F)(F)F)cc2)nc(NCCc2cccnc2)n1)C1CCCN1S(=O)(=O)c1ccc(F)cc1. The van der Waals surface area contributed by atoms with Crippen LogP contribution in [0.15, 0.2) is 84.0 Å². The Kier molecular flexibility index (Phi) is 9.20. The summed E-state index contributed by atoms with van der Waals surface area (Å²) in [5, 5.41) is 5.85. The second-order valence-electron chi connectivity index (χ2n) is 10.1. The van der Waals surface area contributed by atoms with E-state index < -0.39 is 39.5 Å². The van der Waals surface area contributed by atoms with E-state index in [1.807, 2.05) is 12.1 Å². The number of nitrogens with zero attached hydrogens (tertiary/aromatic N) is 4. The van der Waals surface area contributed by atoms with Crippen molar-refractivity contribution in [2.75, 3.05) is 18.4 Å². The van der Waals surface area contributed by atoms with Gasteiger partial charge in [0.05, 0.1) is 28.4 Å². The van der Waals surface area contributed by atoms with Crippen molar-refractivity contribution in [1.29, 1.82) is 0 Å². The standard InChI is InChI=1S/C30H28F4N6O3S/c31-23-9-11-25(12-10-23)44(42,43)40-16-2-4-27(40)28(41)37-19-24-17-26(21-5-7-22(8-6-21)30(32,33)34)39-29(38-24)36-15-13-20-3-1-14-35-18-20/h1,3,5-12,14,17-18,27H,2,4,13,15-16,19H2,(H,37,41)(H,36,38,39). The molecule has 1 fully saturated rings. The predicted molar refractivity (Wildman–Crippen MR) is 154 cm³/mol. The van der Waals surface area contributed by atoms with Crippen LogP contribution in [0, 0.1) is 5.82 Å². The summed E-state index contributed by atoms with van der Waals surface area (Å²) in [5.41, 5.74) is 1.29. The first kappa shape index (κ1) is 31.0. The number of benzene rings is 2. The third-order valence-corrected chi connectivity index (χ3v) is 9.00. The number of alkyl halides is 3. The van der Waals surface area contributed by atoms with Crippen molar-refractivity contribution in [2.24, 2.45) is 0 Å². The third kappa shape index (κ3) is 7.37. The zero-order valence-corrected chi connectivity index (χ0v) is 24.1. The molecule has 0 bridgehead atoms. The van der Waals surface area contributed by atoms with Gasteiger partial charge in [-0.3, -0.25) is 9.78 Å². The normalized spacial score (nSPS) is 15.7. The first-order chi connectivity index (χ1) is 21.0. The summed E-state index contributed by atoms with van der Waals surface area (Å²) in [6.45, 7) is 0.480. The number of carbonyl (C=O) groups excluding carboxylic acids is 1. The summed E-state index contributed by atoms with van der Waals surface area (Å²) >= 11 is 0. The van der Waals surface area contributed by atoms with Gasteiger partial charge in [-0.15, -0.1) is 0 Å². The summed E-state index contributed by atoms with van der Waals surface area (Å²) in [4.78, 5) is 26.1. The fourth-order valence-corrected chi connectivity index (χ4v) is 6.49. The maximum Gasteiger partial charge on any atom is 0.416 e. The van der Waals surface area contributed by atoms with Crippen LogP contribution >= 0.6 is 0 Å². The summed E-state index contributed by atoms with van der Waals surface area (Å²) in [6.07, 6.45) is 0.274. The molecule has 4 aromatic rings. The Morgan fingerprint density at radius 1 is 1.02 bits per heavy atom. The summed E-state index contributed by atoms with van der Waals surface area (Å²) < 4.78 is 80.2. The second-order valence-corrected chi connectivity index (χ2v) is 12.0. The Morgan fingerprint density at radius 3 is 2.45 bits per heavy atom. The van der Waals surface area contributed by atoms with E-state index in [2.05, 4.69) is 25.6 Å². The maximum absolute atomic E-state index is 13.4. The van der Waals surface area contributed by atoms with E-state index >= 15 is 0 Å². The van der Waals surface area contributed by atoms with E-state index in [1.165, 1.54) is 12.1 Å². The molecule has 1 atom stereocenters. The van der Waals surface area contributed by atoms with Gasteiger partial charge in [0, 0.05) is 31.0 Å². The number of aromatic nitrogens is 3. The van der Waals surface area contributed by atoms with Crippen LogP contribution in [0.5, 0.6) is 0 Å². The molecule has 1 aliphatic heterocycles. The predicted octanol–water partition coefficient (Wildman–Crippen LogP) is 4.82. The number of hydrogen-bond donors (Lipinski definition) is 2. The van der Waals surface area contributed by atoms with E-state index in [0.29, 0.717) is 42.8 Å². The van der Waals surface area contributed by atoms with Gasteiger partial charge in [0.15, 0.2) is 0 Å². The first-order valence-corrected chi connectivity index (χ1v) is 15.2. The topological polar surface area (TPSA) is 117 Å². The largest absolute Gasteiger partial charge is 0.416 e. The van der Waals surface area contributed by atoms with E-state index in [0.717, 1.165) is 46.3 Å². The second kappa shape index (κ2) is 13.1. The number of amides is 1. The number of hydrogen-bond acceptors (Lipinski definition) is 7. The van der Waals surface area contributed by atoms with Gasteiger partial charge in [0.1, 0.15) is 11.9 Å². The monoisotopic (exact) mass is 628 g/mol. The third-order valence-electron chi connectivity index (χ3n) is 7.08. The van der Waals surface area contributed by atoms with Crippen LogP contribution in [0.1, 0.15) is 29.7 Å². The van der Waals surface area contributed by atoms with Crippen molar-refractivity contribution in [1.82, 2.24) is 24.6 Å². The minimum atomic E-state index is -4.49. The lowest BCUT2D eigenvalue weighted by atomic mass is 10.1. The molecule has 2 aromatic carbocycles. The molecule has 2 N–H and O–H groups in total. The molecule has 44 heavy (non-hydrogen) atoms. The number of pyridine rings is 1. The summed E-state index contributed by atoms with van der Waals surface area (Å²) in [7, 11) is -4.04. The number of nitrogens with one attached hydrogen (secondary N) is 2. The molecule has 0 radical (unpaired) electrons. The van der Waals surface area contributed by atoms with Crippen molar-refractivity contribution < 1.29 is 30.8 Å². The lowest BCUT2D eigenvalue weighted by Crippen LogP contribution is -2.45. The van der Waals surface area contributed by atoms with Crippen molar-refractivity contribution in [3.05, 3.63) is 102 Å². The first-order valence-electron chi connectivity index (χ1n) is 13.7. The quantitative estimate of drug-likeness (QED) is 0.242. The van der Waals surface area contributed by atoms with Gasteiger partial charge >= 0.3 is 6.18 Å². The molecule has 1 aliphatic rings. The zero-order chi connectivity index (χ0) is 31.3. The smallest absolute Gasteiger partial charge is 0.354 e. The molecule has 2 aromatic heterocycles. The Labute approximate surface area is 251 Å². The lowest BCUT2D eigenvalue weighted by molar-refractivity contribution is -0.137. The highest BCUT2D eigenvalue weighted by Gasteiger charge is 2.39.